The largest absolute Gasteiger partial charge is 0.469 e. The summed E-state index contributed by atoms with van der Waals surface area (Å²) in [5.41, 5.74) is 0.485. The van der Waals surface area contributed by atoms with Crippen LogP contribution in [-0.4, -0.2) is 32.2 Å². The van der Waals surface area contributed by atoms with Crippen molar-refractivity contribution in [3.05, 3.63) is 36.7 Å². The van der Waals surface area contributed by atoms with E-state index in [4.69, 9.17) is 0 Å². The van der Waals surface area contributed by atoms with Crippen molar-refractivity contribution in [1.82, 2.24) is 4.98 Å². The maximum absolute atomic E-state index is 12.0. The molecule has 0 saturated heterocycles. The molecule has 112 valence electrons. The van der Waals surface area contributed by atoms with Crippen LogP contribution in [0.5, 0.6) is 0 Å². The SMILES string of the molecule is COC(=O)CCCS(=O)(=O)Nc1cccc2ccncc12. The number of nitrogens with zero attached hydrogens (tertiary/aromatic N) is 1. The molecular formula is C14H16N2O4S. The Morgan fingerprint density at radius 2 is 2.14 bits per heavy atom. The number of methoxy groups -OCH3 is 1. The molecule has 7 heteroatoms. The first-order valence-electron chi connectivity index (χ1n) is 6.42. The van der Waals surface area contributed by atoms with Crippen LogP contribution in [0.15, 0.2) is 36.7 Å². The van der Waals surface area contributed by atoms with Gasteiger partial charge in [-0.3, -0.25) is 14.5 Å². The lowest BCUT2D eigenvalue weighted by atomic mass is 10.1. The fourth-order valence-corrected chi connectivity index (χ4v) is 3.07. The molecule has 2 aromatic rings. The number of aromatic nitrogens is 1. The number of rotatable bonds is 6. The molecule has 2 rings (SSSR count). The van der Waals surface area contributed by atoms with Crippen molar-refractivity contribution in [3.8, 4) is 0 Å². The Bertz CT molecular complexity index is 738. The Morgan fingerprint density at radius 3 is 2.90 bits per heavy atom. The number of sulfonamides is 1. The van der Waals surface area contributed by atoms with Crippen LogP contribution < -0.4 is 4.72 Å². The number of fused-ring (bicyclic) bond motifs is 1. The summed E-state index contributed by atoms with van der Waals surface area (Å²) in [7, 11) is -2.24. The Hall–Kier alpha value is -2.15. The van der Waals surface area contributed by atoms with E-state index in [2.05, 4.69) is 14.4 Å². The maximum atomic E-state index is 12.0. The summed E-state index contributed by atoms with van der Waals surface area (Å²) in [5, 5.41) is 1.64. The molecular weight excluding hydrogens is 292 g/mol. The van der Waals surface area contributed by atoms with Crippen molar-refractivity contribution >= 4 is 32.5 Å². The number of esters is 1. The third-order valence-corrected chi connectivity index (χ3v) is 4.33. The molecule has 0 bridgehead atoms. The molecule has 1 aromatic heterocycles. The van der Waals surface area contributed by atoms with E-state index >= 15 is 0 Å². The van der Waals surface area contributed by atoms with E-state index < -0.39 is 16.0 Å². The molecule has 1 aromatic carbocycles. The zero-order valence-corrected chi connectivity index (χ0v) is 12.4. The van der Waals surface area contributed by atoms with Gasteiger partial charge in [-0.05, 0) is 23.9 Å². The highest BCUT2D eigenvalue weighted by Crippen LogP contribution is 2.23. The Labute approximate surface area is 123 Å². The highest BCUT2D eigenvalue weighted by molar-refractivity contribution is 7.92. The van der Waals surface area contributed by atoms with Crippen molar-refractivity contribution in [3.63, 3.8) is 0 Å². The summed E-state index contributed by atoms with van der Waals surface area (Å²) in [5.74, 6) is -0.557. The first-order valence-corrected chi connectivity index (χ1v) is 8.07. The summed E-state index contributed by atoms with van der Waals surface area (Å²) >= 11 is 0. The number of pyridine rings is 1. The van der Waals surface area contributed by atoms with Gasteiger partial charge in [0.2, 0.25) is 10.0 Å². The van der Waals surface area contributed by atoms with Crippen LogP contribution in [0.4, 0.5) is 5.69 Å². The van der Waals surface area contributed by atoms with E-state index in [1.807, 2.05) is 12.1 Å². The van der Waals surface area contributed by atoms with Gasteiger partial charge in [-0.2, -0.15) is 0 Å². The number of nitrogens with one attached hydrogen (secondary N) is 1. The number of ether oxygens (including phenoxy) is 1. The van der Waals surface area contributed by atoms with Gasteiger partial charge in [0.05, 0.1) is 18.6 Å². The second kappa shape index (κ2) is 6.53. The van der Waals surface area contributed by atoms with Gasteiger partial charge < -0.3 is 4.74 Å². The van der Waals surface area contributed by atoms with Crippen LogP contribution in [-0.2, 0) is 19.6 Å². The van der Waals surface area contributed by atoms with Gasteiger partial charge in [0, 0.05) is 24.2 Å². The molecule has 0 fully saturated rings. The number of anilines is 1. The zero-order valence-electron chi connectivity index (χ0n) is 11.6. The predicted octanol–water partition coefficient (Wildman–Crippen LogP) is 1.93. The molecule has 0 radical (unpaired) electrons. The second-order valence-electron chi connectivity index (χ2n) is 4.50. The van der Waals surface area contributed by atoms with E-state index in [9.17, 15) is 13.2 Å². The minimum atomic E-state index is -3.52. The first-order chi connectivity index (χ1) is 10.0. The molecule has 0 saturated carbocycles. The third kappa shape index (κ3) is 4.16. The molecule has 0 aliphatic rings. The summed E-state index contributed by atoms with van der Waals surface area (Å²) < 4.78 is 31.1. The van der Waals surface area contributed by atoms with Crippen molar-refractivity contribution in [2.45, 2.75) is 12.8 Å². The zero-order chi connectivity index (χ0) is 15.3. The minimum Gasteiger partial charge on any atom is -0.469 e. The summed E-state index contributed by atoms with van der Waals surface area (Å²) in [4.78, 5) is 15.0. The highest BCUT2D eigenvalue weighted by atomic mass is 32.2. The van der Waals surface area contributed by atoms with Crippen LogP contribution >= 0.6 is 0 Å². The highest BCUT2D eigenvalue weighted by Gasteiger charge is 2.13. The van der Waals surface area contributed by atoms with Crippen molar-refractivity contribution in [2.75, 3.05) is 17.6 Å². The van der Waals surface area contributed by atoms with E-state index in [0.717, 1.165) is 10.8 Å². The van der Waals surface area contributed by atoms with Crippen molar-refractivity contribution < 1.29 is 17.9 Å². The third-order valence-electron chi connectivity index (χ3n) is 2.97. The molecule has 0 spiro atoms. The lowest BCUT2D eigenvalue weighted by Crippen LogP contribution is -2.17. The topological polar surface area (TPSA) is 85.4 Å². The summed E-state index contributed by atoms with van der Waals surface area (Å²) in [6.45, 7) is 0. The number of carbonyl (C=O) groups excluding carboxylic acids is 1. The van der Waals surface area contributed by atoms with Crippen molar-refractivity contribution in [2.24, 2.45) is 0 Å². The number of hydrogen-bond donors (Lipinski definition) is 1. The molecule has 0 amide bonds. The molecule has 0 aliphatic carbocycles. The summed E-state index contributed by atoms with van der Waals surface area (Å²) in [6.07, 6.45) is 3.55. The lowest BCUT2D eigenvalue weighted by Gasteiger charge is -2.10. The van der Waals surface area contributed by atoms with Gasteiger partial charge in [0.1, 0.15) is 0 Å². The van der Waals surface area contributed by atoms with Gasteiger partial charge in [-0.25, -0.2) is 8.42 Å². The Kier molecular flexibility index (Phi) is 4.74. The van der Waals surface area contributed by atoms with Crippen LogP contribution in [0, 0.1) is 0 Å². The minimum absolute atomic E-state index is 0.0779. The van der Waals surface area contributed by atoms with Gasteiger partial charge in [0.25, 0.3) is 0 Å². The molecule has 6 nitrogen and oxygen atoms in total. The van der Waals surface area contributed by atoms with Gasteiger partial charge in [-0.1, -0.05) is 12.1 Å². The smallest absolute Gasteiger partial charge is 0.305 e. The second-order valence-corrected chi connectivity index (χ2v) is 6.34. The fourth-order valence-electron chi connectivity index (χ4n) is 1.93. The summed E-state index contributed by atoms with van der Waals surface area (Å²) in [6, 6.07) is 7.15. The van der Waals surface area contributed by atoms with Crippen LogP contribution in [0.25, 0.3) is 10.8 Å². The number of benzene rings is 1. The maximum Gasteiger partial charge on any atom is 0.305 e. The molecule has 1 N–H and O–H groups in total. The Balaban J connectivity index is 2.10. The molecule has 0 atom stereocenters. The monoisotopic (exact) mass is 308 g/mol. The van der Waals surface area contributed by atoms with E-state index in [1.165, 1.54) is 7.11 Å². The van der Waals surface area contributed by atoms with Crippen LogP contribution in [0.1, 0.15) is 12.8 Å². The quantitative estimate of drug-likeness (QED) is 0.824. The average molecular weight is 308 g/mol. The molecule has 0 aliphatic heterocycles. The number of hydrogen-bond acceptors (Lipinski definition) is 5. The predicted molar refractivity (Wildman–Crippen MR) is 80.4 cm³/mol. The van der Waals surface area contributed by atoms with Gasteiger partial charge >= 0.3 is 5.97 Å². The van der Waals surface area contributed by atoms with E-state index in [-0.39, 0.29) is 18.6 Å². The lowest BCUT2D eigenvalue weighted by molar-refractivity contribution is -0.140. The fraction of sp³-hybridized carbons (Fsp3) is 0.286. The Morgan fingerprint density at radius 1 is 1.33 bits per heavy atom. The molecule has 0 unspecified atom stereocenters. The first kappa shape index (κ1) is 15.2. The van der Waals surface area contributed by atoms with E-state index in [0.29, 0.717) is 5.69 Å². The number of carbonyl (C=O) groups is 1. The van der Waals surface area contributed by atoms with Crippen molar-refractivity contribution in [1.29, 1.82) is 0 Å². The normalized spacial score (nSPS) is 11.3. The van der Waals surface area contributed by atoms with Crippen LogP contribution in [0.2, 0.25) is 0 Å². The molecule has 21 heavy (non-hydrogen) atoms. The standard InChI is InChI=1S/C14H16N2O4S/c1-20-14(17)6-3-9-21(18,19)16-13-5-2-4-11-7-8-15-10-12(11)13/h2,4-5,7-8,10,16H,3,6,9H2,1H3. The molecule has 1 heterocycles. The van der Waals surface area contributed by atoms with E-state index in [1.54, 1.807) is 24.5 Å². The van der Waals surface area contributed by atoms with Gasteiger partial charge in [-0.15, -0.1) is 0 Å². The van der Waals surface area contributed by atoms with Gasteiger partial charge in [0.15, 0.2) is 0 Å². The average Bonchev–Trinajstić information content (AvgIpc) is 2.47. The van der Waals surface area contributed by atoms with Crippen LogP contribution in [0.3, 0.4) is 0 Å².